The van der Waals surface area contributed by atoms with Gasteiger partial charge in [0.05, 0.1) is 17.7 Å². The molecule has 0 bridgehead atoms. The largest absolute Gasteiger partial charge is 0.490 e. The van der Waals surface area contributed by atoms with E-state index in [1.165, 1.54) is 32.1 Å². The molecule has 0 amide bonds. The third kappa shape index (κ3) is 7.94. The van der Waals surface area contributed by atoms with Gasteiger partial charge in [-0.25, -0.2) is 0 Å². The van der Waals surface area contributed by atoms with E-state index in [0.29, 0.717) is 17.4 Å². The fourth-order valence-corrected chi connectivity index (χ4v) is 2.70. The molecule has 0 aliphatic heterocycles. The molecule has 0 aromatic heterocycles. The fraction of sp³-hybridized carbons (Fsp3) is 0.684. The molecule has 23 heavy (non-hydrogen) atoms. The SMILES string of the molecule is CCCCCCCNCc1cc(Cl)c(OC(C)C)c(OCC)c1. The van der Waals surface area contributed by atoms with Crippen molar-refractivity contribution in [1.82, 2.24) is 5.32 Å². The second-order valence-corrected chi connectivity index (χ2v) is 6.50. The van der Waals surface area contributed by atoms with E-state index in [2.05, 4.69) is 12.2 Å². The number of unbranched alkanes of at least 4 members (excludes halogenated alkanes) is 4. The van der Waals surface area contributed by atoms with Crippen LogP contribution in [0.4, 0.5) is 0 Å². The molecule has 1 rings (SSSR count). The Hall–Kier alpha value is -0.930. The van der Waals surface area contributed by atoms with E-state index in [1.807, 2.05) is 32.9 Å². The Morgan fingerprint density at radius 1 is 1.09 bits per heavy atom. The summed E-state index contributed by atoms with van der Waals surface area (Å²) in [6.07, 6.45) is 6.55. The molecule has 0 heterocycles. The molecule has 0 saturated carbocycles. The maximum absolute atomic E-state index is 6.38. The van der Waals surface area contributed by atoms with Crippen LogP contribution in [0.5, 0.6) is 11.5 Å². The van der Waals surface area contributed by atoms with Crippen LogP contribution in [0.1, 0.15) is 65.4 Å². The van der Waals surface area contributed by atoms with Crippen LogP contribution in [0.3, 0.4) is 0 Å². The molecule has 0 fully saturated rings. The van der Waals surface area contributed by atoms with Crippen LogP contribution in [0.2, 0.25) is 5.02 Å². The van der Waals surface area contributed by atoms with E-state index >= 15 is 0 Å². The van der Waals surface area contributed by atoms with Gasteiger partial charge in [0.2, 0.25) is 0 Å². The predicted octanol–water partition coefficient (Wildman–Crippen LogP) is 5.59. The number of ether oxygens (including phenoxy) is 2. The van der Waals surface area contributed by atoms with Crippen LogP contribution >= 0.6 is 11.6 Å². The normalized spacial score (nSPS) is 11.0. The maximum Gasteiger partial charge on any atom is 0.180 e. The van der Waals surface area contributed by atoms with Gasteiger partial charge in [-0.3, -0.25) is 0 Å². The van der Waals surface area contributed by atoms with E-state index in [0.717, 1.165) is 24.4 Å². The minimum atomic E-state index is 0.0683. The number of hydrogen-bond acceptors (Lipinski definition) is 3. The second-order valence-electron chi connectivity index (χ2n) is 6.10. The minimum absolute atomic E-state index is 0.0683. The van der Waals surface area contributed by atoms with Crippen LogP contribution in [0, 0.1) is 0 Å². The monoisotopic (exact) mass is 341 g/mol. The molecule has 0 spiro atoms. The first-order valence-corrected chi connectivity index (χ1v) is 9.28. The summed E-state index contributed by atoms with van der Waals surface area (Å²) in [5.41, 5.74) is 1.13. The Morgan fingerprint density at radius 3 is 2.48 bits per heavy atom. The Balaban J connectivity index is 2.55. The molecule has 0 radical (unpaired) electrons. The van der Waals surface area contributed by atoms with E-state index in [9.17, 15) is 0 Å². The third-order valence-corrected chi connectivity index (χ3v) is 3.79. The summed E-state index contributed by atoms with van der Waals surface area (Å²) in [7, 11) is 0. The standard InChI is InChI=1S/C19H32ClNO2/c1-5-7-8-9-10-11-21-14-16-12-17(20)19(23-15(3)4)18(13-16)22-6-2/h12-13,15,21H,5-11,14H2,1-4H3. The van der Waals surface area contributed by atoms with Crippen LogP contribution in [0.25, 0.3) is 0 Å². The molecule has 1 aromatic rings. The van der Waals surface area contributed by atoms with E-state index in [1.54, 1.807) is 0 Å². The molecule has 4 heteroatoms. The summed E-state index contributed by atoms with van der Waals surface area (Å²) >= 11 is 6.38. The lowest BCUT2D eigenvalue weighted by atomic mass is 10.1. The zero-order chi connectivity index (χ0) is 17.1. The van der Waals surface area contributed by atoms with Gasteiger partial charge in [0.25, 0.3) is 0 Å². The average Bonchev–Trinajstić information content (AvgIpc) is 2.50. The number of benzene rings is 1. The van der Waals surface area contributed by atoms with Crippen molar-refractivity contribution in [3.63, 3.8) is 0 Å². The summed E-state index contributed by atoms with van der Waals surface area (Å²) in [5, 5.41) is 4.10. The van der Waals surface area contributed by atoms with Crippen LogP contribution in [-0.2, 0) is 6.54 Å². The Bertz CT molecular complexity index is 449. The minimum Gasteiger partial charge on any atom is -0.490 e. The topological polar surface area (TPSA) is 30.5 Å². The molecule has 1 aromatic carbocycles. The van der Waals surface area contributed by atoms with Crippen molar-refractivity contribution in [3.8, 4) is 11.5 Å². The van der Waals surface area contributed by atoms with Gasteiger partial charge in [-0.05, 0) is 51.4 Å². The van der Waals surface area contributed by atoms with E-state index in [-0.39, 0.29) is 6.10 Å². The average molecular weight is 342 g/mol. The van der Waals surface area contributed by atoms with Gasteiger partial charge in [-0.15, -0.1) is 0 Å². The molecule has 3 nitrogen and oxygen atoms in total. The molecule has 1 N–H and O–H groups in total. The third-order valence-electron chi connectivity index (χ3n) is 3.51. The van der Waals surface area contributed by atoms with Gasteiger partial charge in [-0.1, -0.05) is 44.2 Å². The zero-order valence-corrected chi connectivity index (χ0v) is 15.8. The van der Waals surface area contributed by atoms with Crippen LogP contribution in [0.15, 0.2) is 12.1 Å². The van der Waals surface area contributed by atoms with Gasteiger partial charge < -0.3 is 14.8 Å². The van der Waals surface area contributed by atoms with Gasteiger partial charge in [0.1, 0.15) is 0 Å². The van der Waals surface area contributed by atoms with Crippen molar-refractivity contribution in [3.05, 3.63) is 22.7 Å². The Morgan fingerprint density at radius 2 is 1.83 bits per heavy atom. The lowest BCUT2D eigenvalue weighted by molar-refractivity contribution is 0.224. The van der Waals surface area contributed by atoms with Crippen molar-refractivity contribution in [2.24, 2.45) is 0 Å². The smallest absolute Gasteiger partial charge is 0.180 e. The lowest BCUT2D eigenvalue weighted by Gasteiger charge is -2.17. The molecule has 0 unspecified atom stereocenters. The van der Waals surface area contributed by atoms with Crippen molar-refractivity contribution in [2.75, 3.05) is 13.2 Å². The first kappa shape index (κ1) is 20.1. The van der Waals surface area contributed by atoms with Crippen molar-refractivity contribution in [2.45, 2.75) is 72.4 Å². The van der Waals surface area contributed by atoms with Crippen LogP contribution < -0.4 is 14.8 Å². The summed E-state index contributed by atoms with van der Waals surface area (Å²) in [6.45, 7) is 10.6. The highest BCUT2D eigenvalue weighted by Crippen LogP contribution is 2.37. The Kier molecular flexibility index (Phi) is 10.1. The maximum atomic E-state index is 6.38. The van der Waals surface area contributed by atoms with Crippen LogP contribution in [-0.4, -0.2) is 19.3 Å². The van der Waals surface area contributed by atoms with Gasteiger partial charge in [0, 0.05) is 6.54 Å². The molecule has 0 aliphatic rings. The quantitative estimate of drug-likeness (QED) is 0.503. The molecule has 0 aliphatic carbocycles. The van der Waals surface area contributed by atoms with Gasteiger partial charge in [0.15, 0.2) is 11.5 Å². The zero-order valence-electron chi connectivity index (χ0n) is 15.1. The van der Waals surface area contributed by atoms with E-state index < -0.39 is 0 Å². The summed E-state index contributed by atoms with van der Waals surface area (Å²) in [4.78, 5) is 0. The highest BCUT2D eigenvalue weighted by molar-refractivity contribution is 6.32. The number of rotatable bonds is 12. The van der Waals surface area contributed by atoms with Crippen molar-refractivity contribution >= 4 is 11.6 Å². The predicted molar refractivity (Wildman–Crippen MR) is 98.9 cm³/mol. The second kappa shape index (κ2) is 11.6. The number of halogens is 1. The van der Waals surface area contributed by atoms with E-state index in [4.69, 9.17) is 21.1 Å². The summed E-state index contributed by atoms with van der Waals surface area (Å²) in [5.74, 6) is 1.38. The first-order valence-electron chi connectivity index (χ1n) is 8.91. The lowest BCUT2D eigenvalue weighted by Crippen LogP contribution is -2.15. The Labute approximate surface area is 146 Å². The molecule has 0 atom stereocenters. The highest BCUT2D eigenvalue weighted by atomic mass is 35.5. The highest BCUT2D eigenvalue weighted by Gasteiger charge is 2.13. The molecular formula is C19H32ClNO2. The number of hydrogen-bond donors (Lipinski definition) is 1. The molecule has 0 saturated heterocycles. The molecular weight excluding hydrogens is 310 g/mol. The summed E-state index contributed by atoms with van der Waals surface area (Å²) < 4.78 is 11.5. The number of nitrogens with one attached hydrogen (secondary N) is 1. The first-order chi connectivity index (χ1) is 11.1. The van der Waals surface area contributed by atoms with Gasteiger partial charge >= 0.3 is 0 Å². The van der Waals surface area contributed by atoms with Gasteiger partial charge in [-0.2, -0.15) is 0 Å². The summed E-state index contributed by atoms with van der Waals surface area (Å²) in [6, 6.07) is 3.99. The van der Waals surface area contributed by atoms with Crippen molar-refractivity contribution in [1.29, 1.82) is 0 Å². The fourth-order valence-electron chi connectivity index (χ4n) is 2.42. The molecule has 132 valence electrons. The van der Waals surface area contributed by atoms with Crippen molar-refractivity contribution < 1.29 is 9.47 Å².